The van der Waals surface area contributed by atoms with Gasteiger partial charge in [0.05, 0.1) is 0 Å². The van der Waals surface area contributed by atoms with Gasteiger partial charge in [0, 0.05) is 51.2 Å². The molecule has 9 nitrogen and oxygen atoms in total. The zero-order valence-electron chi connectivity index (χ0n) is 23.0. The van der Waals surface area contributed by atoms with Crippen molar-refractivity contribution in [3.8, 4) is 22.8 Å². The van der Waals surface area contributed by atoms with Crippen LogP contribution in [0.3, 0.4) is 0 Å². The van der Waals surface area contributed by atoms with Crippen molar-refractivity contribution in [1.29, 1.82) is 0 Å². The minimum Gasteiger partial charge on any atom is -0.399 e. The van der Waals surface area contributed by atoms with Crippen LogP contribution in [0, 0.1) is 6.92 Å². The standard InChI is InChI=1S/C15H18N4.C14H17N5/c1-10-6-5-7-11(8-10)14-16-13-9-12(15(2,3)4)17-19(13)18-14;1-14(2,3)11-8-12-16-13(18-19(12)17-11)9-5-4-6-10(15)7-9/h5-9,17H,1-4H3;4-8,17H,15H2,1-3H3. The molecule has 0 aliphatic heterocycles. The maximum atomic E-state index is 5.78. The third-order valence-electron chi connectivity index (χ3n) is 6.30. The normalized spacial score (nSPS) is 12.2. The average Bonchev–Trinajstić information content (AvgIpc) is 3.57. The first-order valence-electron chi connectivity index (χ1n) is 12.7. The van der Waals surface area contributed by atoms with Crippen LogP contribution in [0.15, 0.2) is 60.7 Å². The summed E-state index contributed by atoms with van der Waals surface area (Å²) in [6.45, 7) is 15.0. The van der Waals surface area contributed by atoms with Gasteiger partial charge >= 0.3 is 0 Å². The molecule has 0 radical (unpaired) electrons. The summed E-state index contributed by atoms with van der Waals surface area (Å²) in [6.07, 6.45) is 0. The number of aromatic nitrogens is 8. The number of nitrogen functional groups attached to an aromatic ring is 1. The summed E-state index contributed by atoms with van der Waals surface area (Å²) in [4.78, 5) is 9.10. The van der Waals surface area contributed by atoms with E-state index in [1.165, 1.54) is 5.56 Å². The molecule has 0 saturated carbocycles. The molecule has 0 fully saturated rings. The molecule has 4 N–H and O–H groups in total. The highest BCUT2D eigenvalue weighted by atomic mass is 15.5. The number of aryl methyl sites for hydroxylation is 1. The van der Waals surface area contributed by atoms with Crippen LogP contribution in [0.1, 0.15) is 58.5 Å². The minimum atomic E-state index is 0.0553. The summed E-state index contributed by atoms with van der Waals surface area (Å²) in [7, 11) is 0. The molecule has 4 heterocycles. The number of hydrogen-bond donors (Lipinski definition) is 3. The van der Waals surface area contributed by atoms with Crippen molar-refractivity contribution in [1.82, 2.24) is 39.6 Å². The van der Waals surface area contributed by atoms with Crippen LogP contribution in [0.5, 0.6) is 0 Å². The summed E-state index contributed by atoms with van der Waals surface area (Å²) in [5.41, 5.74) is 13.7. The van der Waals surface area contributed by atoms with Gasteiger partial charge in [-0.2, -0.15) is 9.26 Å². The highest BCUT2D eigenvalue weighted by Crippen LogP contribution is 2.25. The van der Waals surface area contributed by atoms with Crippen molar-refractivity contribution < 1.29 is 0 Å². The van der Waals surface area contributed by atoms with Gasteiger partial charge in [-0.1, -0.05) is 77.4 Å². The molecule has 0 aliphatic rings. The molecule has 0 aliphatic carbocycles. The maximum Gasteiger partial charge on any atom is 0.183 e. The molecule has 0 unspecified atom stereocenters. The number of nitrogens with one attached hydrogen (secondary N) is 2. The zero-order chi connectivity index (χ0) is 27.2. The van der Waals surface area contributed by atoms with Gasteiger partial charge in [-0.25, -0.2) is 9.97 Å². The minimum absolute atomic E-state index is 0.0553. The Balaban J connectivity index is 0.000000155. The van der Waals surface area contributed by atoms with E-state index < -0.39 is 0 Å². The molecular formula is C29H35N9. The van der Waals surface area contributed by atoms with Crippen LogP contribution in [0.25, 0.3) is 34.1 Å². The fourth-order valence-corrected chi connectivity index (χ4v) is 4.03. The second-order valence-electron chi connectivity index (χ2n) is 11.7. The van der Waals surface area contributed by atoms with E-state index in [2.05, 4.69) is 97.0 Å². The van der Waals surface area contributed by atoms with Crippen LogP contribution < -0.4 is 5.73 Å². The van der Waals surface area contributed by atoms with E-state index in [9.17, 15) is 0 Å². The molecule has 6 aromatic rings. The average molecular weight is 510 g/mol. The second kappa shape index (κ2) is 9.16. The smallest absolute Gasteiger partial charge is 0.183 e. The fourth-order valence-electron chi connectivity index (χ4n) is 4.03. The molecule has 9 heteroatoms. The lowest BCUT2D eigenvalue weighted by molar-refractivity contribution is 0.557. The summed E-state index contributed by atoms with van der Waals surface area (Å²) >= 11 is 0. The van der Waals surface area contributed by atoms with Gasteiger partial charge < -0.3 is 5.73 Å². The Labute approximate surface area is 222 Å². The van der Waals surface area contributed by atoms with Crippen molar-refractivity contribution in [2.45, 2.75) is 59.3 Å². The Morgan fingerprint density at radius 2 is 1.13 bits per heavy atom. The molecule has 0 atom stereocenters. The number of H-pyrrole nitrogens is 2. The van der Waals surface area contributed by atoms with Gasteiger partial charge in [0.1, 0.15) is 0 Å². The largest absolute Gasteiger partial charge is 0.399 e. The molecule has 0 amide bonds. The second-order valence-corrected chi connectivity index (χ2v) is 11.7. The van der Waals surface area contributed by atoms with E-state index in [4.69, 9.17) is 5.73 Å². The Hall–Kier alpha value is -4.40. The molecule has 0 bridgehead atoms. The first-order chi connectivity index (χ1) is 17.9. The van der Waals surface area contributed by atoms with Crippen molar-refractivity contribution in [3.63, 3.8) is 0 Å². The predicted molar refractivity (Wildman–Crippen MR) is 152 cm³/mol. The quantitative estimate of drug-likeness (QED) is 0.250. The third-order valence-corrected chi connectivity index (χ3v) is 6.30. The molecule has 2 aromatic carbocycles. The molecule has 4 aromatic heterocycles. The number of benzene rings is 2. The van der Waals surface area contributed by atoms with Crippen molar-refractivity contribution in [2.75, 3.05) is 5.73 Å². The summed E-state index contributed by atoms with van der Waals surface area (Å²) in [6, 6.07) is 19.9. The molecule has 0 spiro atoms. The lowest BCUT2D eigenvalue weighted by atomic mass is 9.93. The van der Waals surface area contributed by atoms with Crippen LogP contribution >= 0.6 is 0 Å². The number of fused-ring (bicyclic) bond motifs is 2. The molecule has 0 saturated heterocycles. The Morgan fingerprint density at radius 1 is 0.658 bits per heavy atom. The third kappa shape index (κ3) is 5.18. The van der Waals surface area contributed by atoms with Crippen LogP contribution in [0.4, 0.5) is 5.69 Å². The molecule has 6 rings (SSSR count). The Bertz CT molecular complexity index is 1520. The Kier molecular flexibility index (Phi) is 6.09. The number of aromatic amines is 2. The SMILES string of the molecule is CC(C)(C)c1cc2nc(-c3cccc(N)c3)nn2[nH]1.Cc1cccc(-c2nc3cc(C(C)(C)C)[nH]n3n2)c1. The molecular weight excluding hydrogens is 474 g/mol. The first kappa shape index (κ1) is 25.3. The number of rotatable bonds is 2. The maximum absolute atomic E-state index is 5.78. The number of nitrogens with zero attached hydrogens (tertiary/aromatic N) is 6. The summed E-state index contributed by atoms with van der Waals surface area (Å²) in [5.74, 6) is 1.44. The highest BCUT2D eigenvalue weighted by Gasteiger charge is 2.19. The van der Waals surface area contributed by atoms with E-state index in [0.717, 1.165) is 39.6 Å². The van der Waals surface area contributed by atoms with Crippen LogP contribution in [-0.4, -0.2) is 39.6 Å². The van der Waals surface area contributed by atoms with Gasteiger partial charge in [-0.05, 0) is 25.1 Å². The van der Waals surface area contributed by atoms with Gasteiger partial charge in [0.15, 0.2) is 22.9 Å². The van der Waals surface area contributed by atoms with Gasteiger partial charge in [0.2, 0.25) is 0 Å². The fraction of sp³-hybridized carbons (Fsp3) is 0.310. The predicted octanol–water partition coefficient (Wildman–Crippen LogP) is 5.93. The number of nitrogens with two attached hydrogens (primary N) is 1. The van der Waals surface area contributed by atoms with Crippen LogP contribution in [0.2, 0.25) is 0 Å². The van der Waals surface area contributed by atoms with E-state index >= 15 is 0 Å². The lowest BCUT2D eigenvalue weighted by Gasteiger charge is -2.14. The Morgan fingerprint density at radius 3 is 1.55 bits per heavy atom. The number of anilines is 1. The lowest BCUT2D eigenvalue weighted by Crippen LogP contribution is -2.12. The van der Waals surface area contributed by atoms with E-state index in [0.29, 0.717) is 11.5 Å². The van der Waals surface area contributed by atoms with Gasteiger partial charge in [-0.15, -0.1) is 10.2 Å². The molecule has 38 heavy (non-hydrogen) atoms. The van der Waals surface area contributed by atoms with E-state index in [1.807, 2.05) is 42.5 Å². The van der Waals surface area contributed by atoms with Gasteiger partial charge in [0.25, 0.3) is 0 Å². The van der Waals surface area contributed by atoms with Crippen LogP contribution in [-0.2, 0) is 10.8 Å². The van der Waals surface area contributed by atoms with Crippen molar-refractivity contribution in [3.05, 3.63) is 77.6 Å². The summed E-state index contributed by atoms with van der Waals surface area (Å²) in [5, 5.41) is 15.5. The zero-order valence-corrected chi connectivity index (χ0v) is 23.0. The summed E-state index contributed by atoms with van der Waals surface area (Å²) < 4.78 is 3.46. The van der Waals surface area contributed by atoms with Crippen molar-refractivity contribution >= 4 is 17.0 Å². The highest BCUT2D eigenvalue weighted by molar-refractivity contribution is 5.63. The number of hydrogen-bond acceptors (Lipinski definition) is 5. The van der Waals surface area contributed by atoms with Crippen molar-refractivity contribution in [2.24, 2.45) is 0 Å². The monoisotopic (exact) mass is 509 g/mol. The van der Waals surface area contributed by atoms with Gasteiger partial charge in [-0.3, -0.25) is 10.2 Å². The van der Waals surface area contributed by atoms with E-state index in [1.54, 1.807) is 9.26 Å². The first-order valence-corrected chi connectivity index (χ1v) is 12.7. The van der Waals surface area contributed by atoms with E-state index in [-0.39, 0.29) is 10.8 Å². The molecule has 196 valence electrons. The topological polar surface area (TPSA) is 118 Å².